The number of nitrogens with zero attached hydrogens (tertiary/aromatic N) is 2. The van der Waals surface area contributed by atoms with Crippen LogP contribution in [0.4, 0.5) is 5.69 Å². The Morgan fingerprint density at radius 3 is 2.65 bits per heavy atom. The molecule has 0 radical (unpaired) electrons. The van der Waals surface area contributed by atoms with Crippen molar-refractivity contribution in [2.75, 3.05) is 5.32 Å². The number of oxazole rings is 2. The Morgan fingerprint density at radius 1 is 1.00 bits per heavy atom. The summed E-state index contributed by atoms with van der Waals surface area (Å²) in [5.74, 6) is 1.73. The third-order valence-corrected chi connectivity index (χ3v) is 10.8. The molecule has 11 heteroatoms. The van der Waals surface area contributed by atoms with E-state index in [1.807, 2.05) is 59.0 Å². The van der Waals surface area contributed by atoms with Crippen LogP contribution in [0.3, 0.4) is 0 Å². The highest BCUT2D eigenvalue weighted by Crippen LogP contribution is 2.61. The van der Waals surface area contributed by atoms with Crippen LogP contribution in [0.1, 0.15) is 69.0 Å². The van der Waals surface area contributed by atoms with Gasteiger partial charge in [0, 0.05) is 56.9 Å². The van der Waals surface area contributed by atoms with Crippen LogP contribution in [-0.4, -0.2) is 39.0 Å². The summed E-state index contributed by atoms with van der Waals surface area (Å²) in [6.07, 6.45) is 3.34. The zero-order valence-electron chi connectivity index (χ0n) is 28.8. The first-order valence-electron chi connectivity index (χ1n) is 17.4. The molecule has 3 aromatic heterocycles. The Kier molecular flexibility index (Phi) is 5.96. The summed E-state index contributed by atoms with van der Waals surface area (Å²) in [5.41, 5.74) is 6.23. The lowest BCUT2D eigenvalue weighted by Crippen LogP contribution is -2.52. The number of aromatic amines is 1. The van der Waals surface area contributed by atoms with Crippen LogP contribution < -0.4 is 20.7 Å². The first kappa shape index (κ1) is 30.0. The molecule has 10 rings (SSSR count). The van der Waals surface area contributed by atoms with Crippen molar-refractivity contribution in [3.05, 3.63) is 95.3 Å². The first-order chi connectivity index (χ1) is 24.5. The fourth-order valence-electron chi connectivity index (χ4n) is 8.23. The number of fused-ring (bicyclic) bond motifs is 7. The Morgan fingerprint density at radius 2 is 1.82 bits per heavy atom. The largest absolute Gasteiger partial charge is 0.469 e. The molecule has 4 aliphatic heterocycles. The Balaban J connectivity index is 1.30. The number of aromatic nitrogens is 3. The second-order valence-electron chi connectivity index (χ2n) is 15.4. The number of rotatable bonds is 2. The van der Waals surface area contributed by atoms with Gasteiger partial charge >= 0.3 is 0 Å². The molecule has 256 valence electrons. The van der Waals surface area contributed by atoms with Crippen LogP contribution in [0.15, 0.2) is 75.8 Å². The van der Waals surface area contributed by atoms with Gasteiger partial charge in [-0.2, -0.15) is 0 Å². The van der Waals surface area contributed by atoms with Crippen molar-refractivity contribution in [2.24, 2.45) is 11.3 Å². The predicted octanol–water partition coefficient (Wildman–Crippen LogP) is 6.84. The lowest BCUT2D eigenvalue weighted by atomic mass is 9.72. The fourth-order valence-corrected chi connectivity index (χ4v) is 8.23. The van der Waals surface area contributed by atoms with Crippen molar-refractivity contribution in [3.8, 4) is 39.8 Å². The van der Waals surface area contributed by atoms with E-state index in [1.54, 1.807) is 6.20 Å². The normalized spacial score (nSPS) is 22.4. The molecule has 4 atom stereocenters. The number of ether oxygens (including phenoxy) is 1. The fraction of sp³-hybridized carbons (Fsp3) is 0.300. The highest BCUT2D eigenvalue weighted by Gasteiger charge is 2.61. The molecule has 6 aromatic rings. The van der Waals surface area contributed by atoms with Gasteiger partial charge in [-0.15, -0.1) is 0 Å². The van der Waals surface area contributed by atoms with Gasteiger partial charge in [0.15, 0.2) is 23.4 Å². The van der Waals surface area contributed by atoms with E-state index in [4.69, 9.17) is 23.5 Å². The van der Waals surface area contributed by atoms with Crippen molar-refractivity contribution in [2.45, 2.75) is 64.8 Å². The predicted molar refractivity (Wildman–Crippen MR) is 190 cm³/mol. The maximum atomic E-state index is 14.2. The van der Waals surface area contributed by atoms with E-state index in [1.165, 1.54) is 0 Å². The topological polar surface area (TPSA) is 147 Å². The van der Waals surface area contributed by atoms with Gasteiger partial charge in [0.25, 0.3) is 0 Å². The summed E-state index contributed by atoms with van der Waals surface area (Å²) in [6.45, 7) is 9.51. The number of amides is 2. The number of anilines is 1. The summed E-state index contributed by atoms with van der Waals surface area (Å²) in [7, 11) is 0. The Bertz CT molecular complexity index is 2460. The van der Waals surface area contributed by atoms with Crippen LogP contribution in [0, 0.1) is 11.3 Å². The quantitative estimate of drug-likeness (QED) is 0.156. The summed E-state index contributed by atoms with van der Waals surface area (Å²) in [4.78, 5) is 40.8. The molecule has 4 aliphatic rings. The number of carbonyl (C=O) groups excluding carboxylic acids is 2. The number of benzene rings is 3. The second-order valence-corrected chi connectivity index (χ2v) is 15.4. The summed E-state index contributed by atoms with van der Waals surface area (Å²) in [6, 6.07) is 17.0. The monoisotopic (exact) mass is 680 g/mol. The highest BCUT2D eigenvalue weighted by molar-refractivity contribution is 6.07. The van der Waals surface area contributed by atoms with E-state index in [2.05, 4.69) is 57.3 Å². The van der Waals surface area contributed by atoms with Gasteiger partial charge in [-0.25, -0.2) is 9.97 Å². The lowest BCUT2D eigenvalue weighted by Gasteiger charge is -2.29. The molecule has 2 amide bonds. The average Bonchev–Trinajstić information content (AvgIpc) is 3.91. The molecule has 10 bridgehead atoms. The number of carbonyl (C=O) groups is 2. The summed E-state index contributed by atoms with van der Waals surface area (Å²) < 4.78 is 20.4. The molecule has 4 N–H and O–H groups in total. The van der Waals surface area contributed by atoms with Crippen molar-refractivity contribution in [3.63, 3.8) is 0 Å². The van der Waals surface area contributed by atoms with Crippen LogP contribution in [-0.2, 0) is 21.4 Å². The number of nitrogens with one attached hydrogen (secondary N) is 4. The van der Waals surface area contributed by atoms with Gasteiger partial charge in [-0.3, -0.25) is 9.59 Å². The van der Waals surface area contributed by atoms with Crippen LogP contribution in [0.25, 0.3) is 44.9 Å². The van der Waals surface area contributed by atoms with Gasteiger partial charge in [-0.1, -0.05) is 77.1 Å². The highest BCUT2D eigenvalue weighted by atomic mass is 16.5. The molecule has 3 aromatic carbocycles. The van der Waals surface area contributed by atoms with E-state index in [9.17, 15) is 9.59 Å². The molecule has 0 saturated carbocycles. The standard InChI is InChI=1S/C40H36N6O5/c1-18(2)30-36-45-32-33(51-36)40-23-10-6-9-21(20-8-7-11-25-29(20)22(16-41-25)28-17-42-35(32)49-28)31(23)46-38(40)50-27-13-12-19(14-24(27)40)15-26(34(47)44-30)43-37(48)39(3,4)5/h6-14,16-18,26,30,38,41,46H,15H2,1-5H3,(H,43,48)(H,44,47)/t26-,30-,38-,40?/m0/s1. The molecule has 51 heavy (non-hydrogen) atoms. The minimum absolute atomic E-state index is 0.123. The van der Waals surface area contributed by atoms with Crippen LogP contribution in [0.5, 0.6) is 5.75 Å². The summed E-state index contributed by atoms with van der Waals surface area (Å²) in [5, 5.41) is 11.0. The van der Waals surface area contributed by atoms with E-state index >= 15 is 0 Å². The Labute approximate surface area is 293 Å². The van der Waals surface area contributed by atoms with Gasteiger partial charge in [0.05, 0.1) is 6.20 Å². The maximum absolute atomic E-state index is 14.2. The molecule has 0 saturated heterocycles. The Hall–Kier alpha value is -5.84. The van der Waals surface area contributed by atoms with E-state index in [-0.39, 0.29) is 24.2 Å². The van der Waals surface area contributed by atoms with Crippen LogP contribution >= 0.6 is 0 Å². The van der Waals surface area contributed by atoms with E-state index < -0.39 is 29.1 Å². The van der Waals surface area contributed by atoms with Gasteiger partial charge in [0.1, 0.15) is 23.2 Å². The third kappa shape index (κ3) is 4.05. The molecule has 11 nitrogen and oxygen atoms in total. The van der Waals surface area contributed by atoms with Gasteiger partial charge in [-0.05, 0) is 29.2 Å². The molecule has 1 unspecified atom stereocenters. The van der Waals surface area contributed by atoms with Crippen molar-refractivity contribution in [1.29, 1.82) is 0 Å². The van der Waals surface area contributed by atoms with Crippen molar-refractivity contribution in [1.82, 2.24) is 25.6 Å². The first-order valence-corrected chi connectivity index (χ1v) is 17.4. The number of hydrogen-bond acceptors (Lipinski definition) is 8. The van der Waals surface area contributed by atoms with Crippen molar-refractivity contribution >= 4 is 28.4 Å². The average molecular weight is 681 g/mol. The zero-order chi connectivity index (χ0) is 35.0. The minimum atomic E-state index is -1.02. The number of hydrogen-bond donors (Lipinski definition) is 4. The molecule has 1 spiro atoms. The van der Waals surface area contributed by atoms with Gasteiger partial charge < -0.3 is 34.5 Å². The molecular weight excluding hydrogens is 644 g/mol. The molecule has 0 fully saturated rings. The number of H-pyrrole nitrogens is 1. The molecular formula is C40H36N6O5. The zero-order valence-corrected chi connectivity index (χ0v) is 28.8. The molecule has 0 aliphatic carbocycles. The third-order valence-electron chi connectivity index (χ3n) is 10.8. The number of para-hydroxylation sites is 1. The smallest absolute Gasteiger partial charge is 0.249 e. The maximum Gasteiger partial charge on any atom is 0.249 e. The second kappa shape index (κ2) is 10.1. The minimum Gasteiger partial charge on any atom is -0.469 e. The van der Waals surface area contributed by atoms with E-state index in [0.717, 1.165) is 50.0 Å². The lowest BCUT2D eigenvalue weighted by molar-refractivity contribution is -0.133. The molecule has 7 heterocycles. The van der Waals surface area contributed by atoms with Crippen LogP contribution in [0.2, 0.25) is 0 Å². The van der Waals surface area contributed by atoms with Gasteiger partial charge in [0.2, 0.25) is 23.6 Å². The summed E-state index contributed by atoms with van der Waals surface area (Å²) >= 11 is 0. The van der Waals surface area contributed by atoms with E-state index in [0.29, 0.717) is 34.7 Å². The van der Waals surface area contributed by atoms with Crippen molar-refractivity contribution < 1.29 is 23.2 Å². The SMILES string of the molecule is CC(C)[C@@H]1NC(=O)[C@@H](NC(=O)C(C)(C)C)Cc2ccc3c(c2)C24c5cccc(c5N[C@H]2O3)-c2cccc3[nH]cc(c23)-c2cnc(o2)-c2nc1oc24.